The molecule has 3 aliphatic carbocycles. The Bertz CT molecular complexity index is 1110. The lowest BCUT2D eigenvalue weighted by molar-refractivity contribution is -0.181. The molecule has 0 aromatic heterocycles. The molecule has 2 saturated carbocycles. The third-order valence-electron chi connectivity index (χ3n) is 8.67. The highest BCUT2D eigenvalue weighted by atomic mass is 16.5. The molecule has 6 rings (SSSR count). The normalized spacial score (nSPS) is 37.0. The maximum atomic E-state index is 13.1. The van der Waals surface area contributed by atoms with Crippen LogP contribution in [0.3, 0.4) is 0 Å². The van der Waals surface area contributed by atoms with E-state index in [0.717, 1.165) is 20.0 Å². The number of methoxy groups -OCH3 is 1. The van der Waals surface area contributed by atoms with Crippen LogP contribution in [0.4, 0.5) is 5.69 Å². The minimum atomic E-state index is -0.828. The first kappa shape index (κ1) is 22.9. The summed E-state index contributed by atoms with van der Waals surface area (Å²) in [6, 6.07) is 2.38. The number of rotatable bonds is 6. The monoisotopic (exact) mass is 471 g/mol. The van der Waals surface area contributed by atoms with Gasteiger partial charge in [-0.25, -0.2) is 4.79 Å². The molecule has 34 heavy (non-hydrogen) atoms. The Labute approximate surface area is 196 Å². The molecule has 4 N–H and O–H groups in total. The number of ketones is 1. The van der Waals surface area contributed by atoms with Gasteiger partial charge in [0.2, 0.25) is 5.91 Å². The predicted octanol–water partition coefficient (Wildman–Crippen LogP) is 2.29. The van der Waals surface area contributed by atoms with Crippen LogP contribution in [0.15, 0.2) is 24.3 Å². The molecule has 2 saturated heterocycles. The SMILES string of the molecule is COC(=O)c1ccc(O)c(NC(=O)CC[C@]2(C)C(=O)C=CC34CC5CC(OC5(CO)C3)C42)c1O. The molecular weight excluding hydrogens is 442 g/mol. The van der Waals surface area contributed by atoms with Gasteiger partial charge in [0.25, 0.3) is 0 Å². The van der Waals surface area contributed by atoms with Crippen molar-refractivity contribution in [2.24, 2.45) is 22.7 Å². The fourth-order valence-corrected chi connectivity index (χ4v) is 7.21. The summed E-state index contributed by atoms with van der Waals surface area (Å²) >= 11 is 0. The van der Waals surface area contributed by atoms with Crippen molar-refractivity contribution in [1.82, 2.24) is 0 Å². The zero-order valence-corrected chi connectivity index (χ0v) is 19.2. The zero-order valence-electron chi connectivity index (χ0n) is 19.2. The van der Waals surface area contributed by atoms with Gasteiger partial charge in [-0.15, -0.1) is 0 Å². The Morgan fingerprint density at radius 2 is 2.06 bits per heavy atom. The molecule has 6 atom stereocenters. The largest absolute Gasteiger partial charge is 0.506 e. The van der Waals surface area contributed by atoms with E-state index in [0.29, 0.717) is 6.42 Å². The van der Waals surface area contributed by atoms with Crippen LogP contribution < -0.4 is 5.32 Å². The molecule has 4 bridgehead atoms. The molecule has 0 radical (unpaired) electrons. The standard InChI is InChI=1S/C25H29NO8/c1-23(7-6-18(30)26-19-15(28)4-3-14(20(19)31)22(32)33-2)17(29)5-8-24-10-13-9-16(21(23)24)34-25(13,11-24)12-27/h3-5,8,13,16,21,27-28,31H,6-7,9-12H2,1-2H3,(H,26,30)/t13?,16?,21?,23-,24?,25?/m1/s1. The Hall–Kier alpha value is -2.91. The molecule has 9 nitrogen and oxygen atoms in total. The Morgan fingerprint density at radius 1 is 1.29 bits per heavy atom. The van der Waals surface area contributed by atoms with E-state index >= 15 is 0 Å². The highest BCUT2D eigenvalue weighted by molar-refractivity contribution is 6.01. The second-order valence-corrected chi connectivity index (χ2v) is 10.4. The average Bonchev–Trinajstić information content (AvgIpc) is 3.22. The lowest BCUT2D eigenvalue weighted by atomic mass is 9.51. The van der Waals surface area contributed by atoms with E-state index < -0.39 is 34.4 Å². The van der Waals surface area contributed by atoms with Gasteiger partial charge in [-0.3, -0.25) is 9.59 Å². The van der Waals surface area contributed by atoms with Crippen LogP contribution in [0.1, 0.15) is 49.4 Å². The molecule has 5 unspecified atom stereocenters. The van der Waals surface area contributed by atoms with Crippen molar-refractivity contribution in [2.45, 2.75) is 50.7 Å². The van der Waals surface area contributed by atoms with Crippen molar-refractivity contribution in [3.05, 3.63) is 29.8 Å². The van der Waals surface area contributed by atoms with Crippen molar-refractivity contribution in [1.29, 1.82) is 0 Å². The zero-order chi connectivity index (χ0) is 24.5. The van der Waals surface area contributed by atoms with E-state index in [1.165, 1.54) is 12.1 Å². The van der Waals surface area contributed by atoms with Gasteiger partial charge < -0.3 is 30.1 Å². The van der Waals surface area contributed by atoms with E-state index in [2.05, 4.69) is 10.1 Å². The first-order chi connectivity index (χ1) is 16.1. The minimum Gasteiger partial charge on any atom is -0.506 e. The molecule has 182 valence electrons. The van der Waals surface area contributed by atoms with Crippen molar-refractivity contribution in [3.63, 3.8) is 0 Å². The summed E-state index contributed by atoms with van der Waals surface area (Å²) in [5, 5.41) is 33.0. The van der Waals surface area contributed by atoms with Crippen LogP contribution in [0.5, 0.6) is 11.5 Å². The van der Waals surface area contributed by atoms with Crippen LogP contribution in [0, 0.1) is 22.7 Å². The van der Waals surface area contributed by atoms with Gasteiger partial charge in [-0.05, 0) is 55.2 Å². The number of anilines is 1. The van der Waals surface area contributed by atoms with E-state index in [-0.39, 0.29) is 59.8 Å². The van der Waals surface area contributed by atoms with E-state index in [9.17, 15) is 29.7 Å². The number of allylic oxidation sites excluding steroid dienone is 2. The molecule has 2 aliphatic heterocycles. The summed E-state index contributed by atoms with van der Waals surface area (Å²) in [6.45, 7) is 1.85. The summed E-state index contributed by atoms with van der Waals surface area (Å²) in [6.07, 6.45) is 6.05. The summed E-state index contributed by atoms with van der Waals surface area (Å²) < 4.78 is 10.9. The summed E-state index contributed by atoms with van der Waals surface area (Å²) in [5.74, 6) is -2.17. The van der Waals surface area contributed by atoms with E-state index in [1.54, 1.807) is 6.08 Å². The number of aliphatic hydroxyl groups is 1. The first-order valence-electron chi connectivity index (χ1n) is 11.5. The number of hydrogen-bond acceptors (Lipinski definition) is 8. The quantitative estimate of drug-likeness (QED) is 0.366. The van der Waals surface area contributed by atoms with Crippen molar-refractivity contribution in [2.75, 3.05) is 19.0 Å². The lowest BCUT2D eigenvalue weighted by Gasteiger charge is -2.55. The maximum absolute atomic E-state index is 13.1. The Kier molecular flexibility index (Phi) is 5.07. The topological polar surface area (TPSA) is 142 Å². The number of hydrogen-bond donors (Lipinski definition) is 4. The number of phenolic OH excluding ortho intramolecular Hbond substituents is 2. The second kappa shape index (κ2) is 7.55. The van der Waals surface area contributed by atoms with Crippen molar-refractivity contribution < 1.29 is 39.2 Å². The number of benzene rings is 1. The summed E-state index contributed by atoms with van der Waals surface area (Å²) in [5.41, 5.74) is -2.05. The average molecular weight is 472 g/mol. The number of nitrogens with one attached hydrogen (secondary N) is 1. The molecular formula is C25H29NO8. The highest BCUT2D eigenvalue weighted by Gasteiger charge is 2.72. The third kappa shape index (κ3) is 3.03. The number of amides is 1. The number of carbonyl (C=O) groups excluding carboxylic acids is 3. The predicted molar refractivity (Wildman–Crippen MR) is 119 cm³/mol. The van der Waals surface area contributed by atoms with Gasteiger partial charge in [-0.2, -0.15) is 0 Å². The molecule has 1 aromatic carbocycles. The van der Waals surface area contributed by atoms with E-state index in [4.69, 9.17) is 4.74 Å². The summed E-state index contributed by atoms with van der Waals surface area (Å²) in [7, 11) is 1.16. The third-order valence-corrected chi connectivity index (χ3v) is 8.67. The molecule has 1 amide bonds. The first-order valence-corrected chi connectivity index (χ1v) is 11.5. The summed E-state index contributed by atoms with van der Waals surface area (Å²) in [4.78, 5) is 37.8. The van der Waals surface area contributed by atoms with Gasteiger partial charge in [0.05, 0.1) is 25.4 Å². The van der Waals surface area contributed by atoms with E-state index in [1.807, 2.05) is 13.0 Å². The molecule has 9 heteroatoms. The fraction of sp³-hybridized carbons (Fsp3) is 0.560. The lowest BCUT2D eigenvalue weighted by Crippen LogP contribution is -2.57. The number of carbonyl (C=O) groups is 3. The van der Waals surface area contributed by atoms with Gasteiger partial charge >= 0.3 is 5.97 Å². The molecule has 2 heterocycles. The molecule has 4 fully saturated rings. The van der Waals surface area contributed by atoms with Crippen LogP contribution in [-0.4, -0.2) is 58.4 Å². The Morgan fingerprint density at radius 3 is 2.74 bits per heavy atom. The van der Waals surface area contributed by atoms with Gasteiger partial charge in [0.1, 0.15) is 17.0 Å². The number of phenols is 2. The van der Waals surface area contributed by atoms with Crippen LogP contribution in [0.25, 0.3) is 0 Å². The van der Waals surface area contributed by atoms with Crippen molar-refractivity contribution >= 4 is 23.3 Å². The van der Waals surface area contributed by atoms with Gasteiger partial charge in [0.15, 0.2) is 11.5 Å². The number of aromatic hydroxyl groups is 2. The van der Waals surface area contributed by atoms with Gasteiger partial charge in [0, 0.05) is 17.8 Å². The second-order valence-electron chi connectivity index (χ2n) is 10.4. The Balaban J connectivity index is 1.35. The minimum absolute atomic E-state index is 0.0266. The highest BCUT2D eigenvalue weighted by Crippen LogP contribution is 2.71. The van der Waals surface area contributed by atoms with Gasteiger partial charge in [-0.1, -0.05) is 13.0 Å². The number of ether oxygens (including phenoxy) is 2. The molecule has 1 aromatic rings. The molecule has 1 spiro atoms. The van der Waals surface area contributed by atoms with Crippen LogP contribution in [0.2, 0.25) is 0 Å². The number of aliphatic hydroxyl groups excluding tert-OH is 1. The van der Waals surface area contributed by atoms with Crippen LogP contribution in [-0.2, 0) is 19.1 Å². The fourth-order valence-electron chi connectivity index (χ4n) is 7.21. The van der Waals surface area contributed by atoms with Crippen molar-refractivity contribution in [3.8, 4) is 11.5 Å². The maximum Gasteiger partial charge on any atom is 0.341 e. The smallest absolute Gasteiger partial charge is 0.341 e. The molecule has 5 aliphatic rings. The number of esters is 1. The van der Waals surface area contributed by atoms with Crippen LogP contribution >= 0.6 is 0 Å².